The van der Waals surface area contributed by atoms with Gasteiger partial charge in [0.25, 0.3) is 0 Å². The van der Waals surface area contributed by atoms with E-state index in [-0.39, 0.29) is 0 Å². The number of nitrogens with zero attached hydrogens (tertiary/aromatic N) is 1. The van der Waals surface area contributed by atoms with Gasteiger partial charge in [-0.2, -0.15) is 0 Å². The van der Waals surface area contributed by atoms with E-state index in [0.717, 1.165) is 5.01 Å². The van der Waals surface area contributed by atoms with Gasteiger partial charge in [-0.1, -0.05) is 36.4 Å². The maximum absolute atomic E-state index is 12.1. The van der Waals surface area contributed by atoms with Crippen molar-refractivity contribution in [2.75, 3.05) is 17.5 Å². The zero-order valence-electron chi connectivity index (χ0n) is 10.9. The molecule has 20 heavy (non-hydrogen) atoms. The first kappa shape index (κ1) is 13.6. The molecule has 0 unspecified atom stereocenters. The molecule has 5 heteroatoms. The molecule has 0 heterocycles. The second-order valence-electron chi connectivity index (χ2n) is 3.95. The Bertz CT molecular complexity index is 585. The van der Waals surface area contributed by atoms with Gasteiger partial charge in [0, 0.05) is 0 Å². The Morgan fingerprint density at radius 2 is 1.50 bits per heavy atom. The van der Waals surface area contributed by atoms with E-state index in [9.17, 15) is 9.59 Å². The first-order chi connectivity index (χ1) is 9.72. The summed E-state index contributed by atoms with van der Waals surface area (Å²) in [6.07, 6.45) is 0. The average molecular weight is 270 g/mol. The van der Waals surface area contributed by atoms with E-state index in [0.29, 0.717) is 11.4 Å². The van der Waals surface area contributed by atoms with Crippen molar-refractivity contribution in [2.24, 2.45) is 0 Å². The maximum Gasteiger partial charge on any atom is 0.398 e. The highest BCUT2D eigenvalue weighted by atomic mass is 16.5. The van der Waals surface area contributed by atoms with Crippen molar-refractivity contribution < 1.29 is 14.3 Å². The number of amides is 1. The minimum atomic E-state index is -0.933. The van der Waals surface area contributed by atoms with Crippen LogP contribution in [0.1, 0.15) is 0 Å². The van der Waals surface area contributed by atoms with Crippen LogP contribution in [0.2, 0.25) is 0 Å². The molecule has 0 aliphatic carbocycles. The van der Waals surface area contributed by atoms with Gasteiger partial charge in [-0.25, -0.2) is 9.80 Å². The van der Waals surface area contributed by atoms with Gasteiger partial charge in [-0.3, -0.25) is 10.2 Å². The highest BCUT2D eigenvalue weighted by Crippen LogP contribution is 2.16. The summed E-state index contributed by atoms with van der Waals surface area (Å²) in [5, 5.41) is 1.15. The van der Waals surface area contributed by atoms with Crippen LogP contribution in [0.15, 0.2) is 60.7 Å². The van der Waals surface area contributed by atoms with E-state index in [2.05, 4.69) is 10.2 Å². The second-order valence-corrected chi connectivity index (χ2v) is 3.95. The first-order valence-corrected chi connectivity index (χ1v) is 6.01. The fourth-order valence-corrected chi connectivity index (χ4v) is 1.63. The lowest BCUT2D eigenvalue weighted by Gasteiger charge is -2.23. The molecule has 0 bridgehead atoms. The van der Waals surface area contributed by atoms with Gasteiger partial charge in [0.2, 0.25) is 0 Å². The molecular weight excluding hydrogens is 256 g/mol. The molecule has 1 N–H and O–H groups in total. The van der Waals surface area contributed by atoms with Crippen LogP contribution in [0, 0.1) is 0 Å². The van der Waals surface area contributed by atoms with Gasteiger partial charge in [0.1, 0.15) is 0 Å². The number of nitrogens with one attached hydrogen (secondary N) is 1. The zero-order chi connectivity index (χ0) is 14.4. The number of benzene rings is 2. The zero-order valence-corrected chi connectivity index (χ0v) is 10.9. The Morgan fingerprint density at radius 1 is 0.950 bits per heavy atom. The summed E-state index contributed by atoms with van der Waals surface area (Å²) in [6.45, 7) is 0. The summed E-state index contributed by atoms with van der Waals surface area (Å²) in [5.74, 6) is -1.72. The van der Waals surface area contributed by atoms with Crippen molar-refractivity contribution in [1.82, 2.24) is 0 Å². The highest BCUT2D eigenvalue weighted by Gasteiger charge is 2.24. The summed E-state index contributed by atoms with van der Waals surface area (Å²) in [6, 6.07) is 17.9. The number of rotatable bonds is 3. The molecule has 2 aromatic rings. The normalized spacial score (nSPS) is 9.65. The van der Waals surface area contributed by atoms with Crippen molar-refractivity contribution in [1.29, 1.82) is 0 Å². The summed E-state index contributed by atoms with van der Waals surface area (Å²) < 4.78 is 4.48. The van der Waals surface area contributed by atoms with Crippen molar-refractivity contribution in [3.8, 4) is 0 Å². The first-order valence-electron chi connectivity index (χ1n) is 6.01. The predicted molar refractivity (Wildman–Crippen MR) is 76.0 cm³/mol. The lowest BCUT2D eigenvalue weighted by molar-refractivity contribution is -0.151. The number of methoxy groups -OCH3 is 1. The van der Waals surface area contributed by atoms with Crippen molar-refractivity contribution in [3.63, 3.8) is 0 Å². The molecule has 2 aromatic carbocycles. The van der Waals surface area contributed by atoms with Crippen LogP contribution in [0.25, 0.3) is 0 Å². The number of esters is 1. The molecule has 2 rings (SSSR count). The molecule has 0 aromatic heterocycles. The van der Waals surface area contributed by atoms with Crippen LogP contribution in [0.4, 0.5) is 11.4 Å². The number of carbonyl (C=O) groups excluding carboxylic acids is 2. The molecule has 0 saturated heterocycles. The largest absolute Gasteiger partial charge is 0.462 e. The topological polar surface area (TPSA) is 58.6 Å². The molecule has 0 atom stereocenters. The number of hydrogen-bond acceptors (Lipinski definition) is 4. The number of anilines is 2. The molecule has 0 aliphatic rings. The van der Waals surface area contributed by atoms with E-state index in [1.54, 1.807) is 36.4 Å². The van der Waals surface area contributed by atoms with Crippen LogP contribution < -0.4 is 10.4 Å². The van der Waals surface area contributed by atoms with Crippen molar-refractivity contribution in [3.05, 3.63) is 60.7 Å². The van der Waals surface area contributed by atoms with Gasteiger partial charge in [0.15, 0.2) is 0 Å². The minimum absolute atomic E-state index is 0.548. The van der Waals surface area contributed by atoms with Gasteiger partial charge in [0.05, 0.1) is 18.5 Å². The van der Waals surface area contributed by atoms with Crippen LogP contribution >= 0.6 is 0 Å². The Balaban J connectivity index is 2.30. The predicted octanol–water partition coefficient (Wildman–Crippen LogP) is 2.22. The van der Waals surface area contributed by atoms with E-state index >= 15 is 0 Å². The number of hydrogen-bond donors (Lipinski definition) is 1. The third-order valence-electron chi connectivity index (χ3n) is 2.59. The monoisotopic (exact) mass is 270 g/mol. The summed E-state index contributed by atoms with van der Waals surface area (Å²) in [4.78, 5) is 23.5. The third-order valence-corrected chi connectivity index (χ3v) is 2.59. The van der Waals surface area contributed by atoms with E-state index < -0.39 is 11.9 Å². The van der Waals surface area contributed by atoms with Gasteiger partial charge < -0.3 is 4.74 Å². The van der Waals surface area contributed by atoms with Crippen LogP contribution in [-0.2, 0) is 14.3 Å². The van der Waals surface area contributed by atoms with Crippen LogP contribution in [0.5, 0.6) is 0 Å². The molecule has 0 spiro atoms. The van der Waals surface area contributed by atoms with Crippen molar-refractivity contribution >= 4 is 23.3 Å². The fraction of sp³-hybridized carbons (Fsp3) is 0.0667. The molecule has 0 saturated carbocycles. The second kappa shape index (κ2) is 6.38. The minimum Gasteiger partial charge on any atom is -0.462 e. The van der Waals surface area contributed by atoms with Gasteiger partial charge in [-0.05, 0) is 24.3 Å². The van der Waals surface area contributed by atoms with Gasteiger partial charge >= 0.3 is 11.9 Å². The lowest BCUT2D eigenvalue weighted by Crippen LogP contribution is -2.41. The standard InChI is InChI=1S/C15H14N2O3/c1-20-15(19)14(18)17(13-10-6-3-7-11-13)16-12-8-4-2-5-9-12/h2-11,16H,1H3. The number of ether oxygens (including phenoxy) is 1. The number of carbonyl (C=O) groups is 2. The highest BCUT2D eigenvalue weighted by molar-refractivity contribution is 6.38. The summed E-state index contributed by atoms with van der Waals surface area (Å²) in [7, 11) is 1.17. The van der Waals surface area contributed by atoms with E-state index in [4.69, 9.17) is 0 Å². The molecule has 1 amide bonds. The maximum atomic E-state index is 12.1. The summed E-state index contributed by atoms with van der Waals surface area (Å²) >= 11 is 0. The molecule has 102 valence electrons. The summed E-state index contributed by atoms with van der Waals surface area (Å²) in [5.41, 5.74) is 4.13. The van der Waals surface area contributed by atoms with E-state index in [1.807, 2.05) is 24.3 Å². The Morgan fingerprint density at radius 3 is 2.05 bits per heavy atom. The van der Waals surface area contributed by atoms with Crippen LogP contribution in [0.3, 0.4) is 0 Å². The Labute approximate surface area is 116 Å². The van der Waals surface area contributed by atoms with Crippen molar-refractivity contribution in [2.45, 2.75) is 0 Å². The van der Waals surface area contributed by atoms with E-state index in [1.165, 1.54) is 7.11 Å². The molecule has 0 fully saturated rings. The molecule has 5 nitrogen and oxygen atoms in total. The SMILES string of the molecule is COC(=O)C(=O)N(Nc1ccccc1)c1ccccc1. The molecule has 0 aliphatic heterocycles. The Hall–Kier alpha value is -2.82. The quantitative estimate of drug-likeness (QED) is 0.528. The number of hydrazine groups is 1. The molecular formula is C15H14N2O3. The molecule has 0 radical (unpaired) electrons. The third kappa shape index (κ3) is 3.14. The fourth-order valence-electron chi connectivity index (χ4n) is 1.63. The Kier molecular flexibility index (Phi) is 4.34. The number of para-hydroxylation sites is 2. The van der Waals surface area contributed by atoms with Crippen LogP contribution in [-0.4, -0.2) is 19.0 Å². The van der Waals surface area contributed by atoms with Gasteiger partial charge in [-0.15, -0.1) is 0 Å². The lowest BCUT2D eigenvalue weighted by atomic mass is 10.3. The average Bonchev–Trinajstić information content (AvgIpc) is 2.53. The smallest absolute Gasteiger partial charge is 0.398 e.